The van der Waals surface area contributed by atoms with Crippen LogP contribution in [-0.2, 0) is 14.3 Å². The van der Waals surface area contributed by atoms with Crippen molar-refractivity contribution in [2.45, 2.75) is 77.6 Å². The number of aliphatic carboxylic acids is 1. The van der Waals surface area contributed by atoms with Crippen LogP contribution in [-0.4, -0.2) is 45.6 Å². The maximum Gasteiger partial charge on any atom is 0.309 e. The molecule has 4 aliphatic carbocycles. The fourth-order valence-corrected chi connectivity index (χ4v) is 7.85. The van der Waals surface area contributed by atoms with E-state index in [0.717, 1.165) is 6.42 Å². The predicted molar refractivity (Wildman–Crippen MR) is 101 cm³/mol. The van der Waals surface area contributed by atoms with Crippen LogP contribution in [0.4, 0.5) is 0 Å². The van der Waals surface area contributed by atoms with Gasteiger partial charge in [0.2, 0.25) is 0 Å². The number of hydrogen-bond donors (Lipinski definition) is 3. The van der Waals surface area contributed by atoms with Crippen molar-refractivity contribution in [1.29, 1.82) is 0 Å². The highest BCUT2D eigenvalue weighted by atomic mass is 16.5. The fraction of sp³-hybridized carbons (Fsp3) is 0.818. The summed E-state index contributed by atoms with van der Waals surface area (Å²) in [5.74, 6) is -1.59. The Morgan fingerprint density at radius 2 is 1.82 bits per heavy atom. The van der Waals surface area contributed by atoms with E-state index < -0.39 is 40.5 Å². The highest BCUT2D eigenvalue weighted by Gasteiger charge is 2.71. The van der Waals surface area contributed by atoms with Crippen LogP contribution >= 0.6 is 0 Å². The molecule has 0 aromatic heterocycles. The van der Waals surface area contributed by atoms with Crippen molar-refractivity contribution in [2.75, 3.05) is 0 Å². The molecule has 1 spiro atoms. The van der Waals surface area contributed by atoms with Gasteiger partial charge in [0.1, 0.15) is 6.10 Å². The molecule has 156 valence electrons. The lowest BCUT2D eigenvalue weighted by Gasteiger charge is -2.65. The van der Waals surface area contributed by atoms with Crippen LogP contribution in [0.25, 0.3) is 0 Å². The zero-order chi connectivity index (χ0) is 20.6. The SMILES string of the molecule is C=C1[C@@H]2C[C@]3(CC[C@@H]4[C@](C)([C@H](OC(C)=O)CC[C@]4(C)C(=O)O)[C@H]3C[C@@H]2O)[C@H]1O. The number of aliphatic hydroxyl groups excluding tert-OH is 2. The van der Waals surface area contributed by atoms with Gasteiger partial charge in [-0.25, -0.2) is 0 Å². The molecular weight excluding hydrogens is 360 g/mol. The van der Waals surface area contributed by atoms with Crippen LogP contribution in [0.15, 0.2) is 12.2 Å². The molecule has 0 saturated heterocycles. The molecule has 0 amide bonds. The van der Waals surface area contributed by atoms with Gasteiger partial charge in [-0.2, -0.15) is 0 Å². The summed E-state index contributed by atoms with van der Waals surface area (Å²) < 4.78 is 5.77. The first-order valence-corrected chi connectivity index (χ1v) is 10.4. The normalized spacial score (nSPS) is 52.5. The fourth-order valence-electron chi connectivity index (χ4n) is 7.85. The largest absolute Gasteiger partial charge is 0.481 e. The van der Waals surface area contributed by atoms with E-state index in [4.69, 9.17) is 4.74 Å². The first-order valence-electron chi connectivity index (χ1n) is 10.4. The number of carboxylic acids is 1. The molecule has 9 atom stereocenters. The Morgan fingerprint density at radius 3 is 2.43 bits per heavy atom. The first kappa shape index (κ1) is 19.9. The molecule has 6 heteroatoms. The Bertz CT molecular complexity index is 733. The molecule has 4 saturated carbocycles. The average molecular weight is 392 g/mol. The number of aliphatic hydroxyl groups is 2. The molecular formula is C22H32O6. The lowest BCUT2D eigenvalue weighted by Crippen LogP contribution is -2.66. The molecule has 6 nitrogen and oxygen atoms in total. The summed E-state index contributed by atoms with van der Waals surface area (Å²) in [4.78, 5) is 24.2. The summed E-state index contributed by atoms with van der Waals surface area (Å²) in [6.45, 7) is 9.32. The molecule has 4 aliphatic rings. The number of carbonyl (C=O) groups is 2. The first-order chi connectivity index (χ1) is 13.0. The van der Waals surface area contributed by atoms with Gasteiger partial charge < -0.3 is 20.1 Å². The number of carboxylic acid groups (broad SMARTS) is 1. The number of fused-ring (bicyclic) bond motifs is 3. The number of rotatable bonds is 2. The topological polar surface area (TPSA) is 104 Å². The quantitative estimate of drug-likeness (QED) is 0.493. The number of hydrogen-bond acceptors (Lipinski definition) is 5. The molecule has 28 heavy (non-hydrogen) atoms. The Hall–Kier alpha value is -1.40. The van der Waals surface area contributed by atoms with Crippen molar-refractivity contribution < 1.29 is 29.6 Å². The van der Waals surface area contributed by atoms with Gasteiger partial charge in [0, 0.05) is 23.7 Å². The maximum atomic E-state index is 12.3. The Balaban J connectivity index is 1.85. The van der Waals surface area contributed by atoms with Gasteiger partial charge in [0.25, 0.3) is 0 Å². The van der Waals surface area contributed by atoms with Gasteiger partial charge in [-0.3, -0.25) is 9.59 Å². The molecule has 0 radical (unpaired) electrons. The Labute approximate surface area is 166 Å². The molecule has 2 bridgehead atoms. The zero-order valence-electron chi connectivity index (χ0n) is 17.0. The summed E-state index contributed by atoms with van der Waals surface area (Å²) in [5.41, 5.74) is -1.23. The van der Waals surface area contributed by atoms with Crippen molar-refractivity contribution >= 4 is 11.9 Å². The minimum absolute atomic E-state index is 0.104. The van der Waals surface area contributed by atoms with E-state index in [1.54, 1.807) is 0 Å². The van der Waals surface area contributed by atoms with Crippen LogP contribution in [0.1, 0.15) is 59.3 Å². The average Bonchev–Trinajstić information content (AvgIpc) is 2.82. The van der Waals surface area contributed by atoms with E-state index in [0.29, 0.717) is 37.7 Å². The second kappa shape index (κ2) is 6.05. The Morgan fingerprint density at radius 1 is 1.14 bits per heavy atom. The van der Waals surface area contributed by atoms with Gasteiger partial charge in [0.05, 0.1) is 17.6 Å². The van der Waals surface area contributed by atoms with Crippen LogP contribution < -0.4 is 0 Å². The summed E-state index contributed by atoms with van der Waals surface area (Å²) in [5, 5.41) is 32.1. The molecule has 4 fully saturated rings. The summed E-state index contributed by atoms with van der Waals surface area (Å²) in [7, 11) is 0. The summed E-state index contributed by atoms with van der Waals surface area (Å²) >= 11 is 0. The van der Waals surface area contributed by atoms with Crippen LogP contribution in [0.2, 0.25) is 0 Å². The van der Waals surface area contributed by atoms with E-state index >= 15 is 0 Å². The molecule has 0 aliphatic heterocycles. The minimum Gasteiger partial charge on any atom is -0.481 e. The highest BCUT2D eigenvalue weighted by Crippen LogP contribution is 2.72. The van der Waals surface area contributed by atoms with Crippen LogP contribution in [0, 0.1) is 34.0 Å². The van der Waals surface area contributed by atoms with Crippen LogP contribution in [0.5, 0.6) is 0 Å². The monoisotopic (exact) mass is 392 g/mol. The summed E-state index contributed by atoms with van der Waals surface area (Å²) in [6, 6.07) is 0. The predicted octanol–water partition coefficient (Wildman–Crippen LogP) is 2.52. The number of esters is 1. The van der Waals surface area contributed by atoms with Gasteiger partial charge in [-0.05, 0) is 62.9 Å². The highest BCUT2D eigenvalue weighted by molar-refractivity contribution is 5.75. The smallest absolute Gasteiger partial charge is 0.309 e. The maximum absolute atomic E-state index is 12.3. The minimum atomic E-state index is -0.907. The van der Waals surface area contributed by atoms with Gasteiger partial charge in [0.15, 0.2) is 0 Å². The van der Waals surface area contributed by atoms with Crippen molar-refractivity contribution in [3.05, 3.63) is 12.2 Å². The Kier molecular flexibility index (Phi) is 4.30. The van der Waals surface area contributed by atoms with Crippen molar-refractivity contribution in [1.82, 2.24) is 0 Å². The molecule has 3 N–H and O–H groups in total. The van der Waals surface area contributed by atoms with E-state index in [1.165, 1.54) is 6.92 Å². The molecule has 0 heterocycles. The van der Waals surface area contributed by atoms with E-state index in [9.17, 15) is 24.9 Å². The third-order valence-corrected chi connectivity index (χ3v) is 9.19. The second-order valence-corrected chi connectivity index (χ2v) is 10.2. The second-order valence-electron chi connectivity index (χ2n) is 10.2. The van der Waals surface area contributed by atoms with Crippen molar-refractivity contribution in [3.63, 3.8) is 0 Å². The lowest BCUT2D eigenvalue weighted by molar-refractivity contribution is -0.235. The number of ether oxygens (including phenoxy) is 1. The van der Waals surface area contributed by atoms with E-state index in [2.05, 4.69) is 6.58 Å². The van der Waals surface area contributed by atoms with Crippen molar-refractivity contribution in [2.24, 2.45) is 34.0 Å². The summed E-state index contributed by atoms with van der Waals surface area (Å²) in [6.07, 6.45) is 1.78. The zero-order valence-corrected chi connectivity index (χ0v) is 17.0. The van der Waals surface area contributed by atoms with E-state index in [1.807, 2.05) is 13.8 Å². The van der Waals surface area contributed by atoms with Crippen LogP contribution in [0.3, 0.4) is 0 Å². The lowest BCUT2D eigenvalue weighted by atomic mass is 9.39. The third kappa shape index (κ3) is 2.28. The van der Waals surface area contributed by atoms with Gasteiger partial charge >= 0.3 is 11.9 Å². The van der Waals surface area contributed by atoms with E-state index in [-0.39, 0.29) is 23.7 Å². The third-order valence-electron chi connectivity index (χ3n) is 9.19. The standard InChI is InChI=1S/C22H32O6/c1-11-13-10-22(18(11)25)8-5-15-20(3,19(26)27)7-6-17(28-12(2)23)21(15,4)16(22)9-14(13)24/h13-18,24-25H,1,5-10H2,2-4H3,(H,26,27)/t13-,14-,15-,16+,17+,18-,20-,21-,22-/m0/s1. The van der Waals surface area contributed by atoms with Gasteiger partial charge in [-0.15, -0.1) is 0 Å². The number of carbonyl (C=O) groups excluding carboxylic acids is 1. The molecule has 0 unspecified atom stereocenters. The molecule has 0 aromatic rings. The molecule has 4 rings (SSSR count). The van der Waals surface area contributed by atoms with Gasteiger partial charge in [-0.1, -0.05) is 13.5 Å². The molecule has 0 aromatic carbocycles. The van der Waals surface area contributed by atoms with Crippen molar-refractivity contribution in [3.8, 4) is 0 Å².